The molecule has 0 aliphatic carbocycles. The van der Waals surface area contributed by atoms with E-state index in [1.165, 1.54) is 10.8 Å². The van der Waals surface area contributed by atoms with Crippen LogP contribution in [0.25, 0.3) is 17.1 Å². The Kier molecular flexibility index (Phi) is 4.28. The first kappa shape index (κ1) is 17.4. The number of fused-ring (bicyclic) bond motifs is 1. The zero-order chi connectivity index (χ0) is 19.0. The molecule has 0 bridgehead atoms. The summed E-state index contributed by atoms with van der Waals surface area (Å²) in [6.07, 6.45) is 1.95. The zero-order valence-electron chi connectivity index (χ0n) is 14.1. The van der Waals surface area contributed by atoms with Crippen molar-refractivity contribution in [3.05, 3.63) is 88.5 Å². The third kappa shape index (κ3) is 3.36. The van der Waals surface area contributed by atoms with Crippen molar-refractivity contribution in [2.45, 2.75) is 6.42 Å². The predicted octanol–water partition coefficient (Wildman–Crippen LogP) is 2.06. The Bertz CT molecular complexity index is 1160. The lowest BCUT2D eigenvalue weighted by molar-refractivity contribution is 0.386. The van der Waals surface area contributed by atoms with E-state index in [4.69, 9.17) is 0 Å². The summed E-state index contributed by atoms with van der Waals surface area (Å²) >= 11 is 0. The lowest BCUT2D eigenvalue weighted by atomic mass is 10.1. The first-order chi connectivity index (χ1) is 12.9. The zero-order valence-corrected chi connectivity index (χ0v) is 15.0. The van der Waals surface area contributed by atoms with Gasteiger partial charge in [0.15, 0.2) is 5.82 Å². The van der Waals surface area contributed by atoms with E-state index in [9.17, 15) is 19.1 Å². The first-order valence-electron chi connectivity index (χ1n) is 8.23. The Morgan fingerprint density at radius 3 is 2.26 bits per heavy atom. The molecular weight excluding hydrogens is 365 g/mol. The van der Waals surface area contributed by atoms with Gasteiger partial charge in [-0.05, 0) is 11.1 Å². The third-order valence-corrected chi connectivity index (χ3v) is 5.09. The molecular formula is C19H16N3O4P. The summed E-state index contributed by atoms with van der Waals surface area (Å²) in [7, 11) is -4.78. The van der Waals surface area contributed by atoms with Gasteiger partial charge < -0.3 is 14.8 Å². The highest BCUT2D eigenvalue weighted by atomic mass is 31.2. The molecule has 0 aromatic heterocycles. The van der Waals surface area contributed by atoms with Crippen LogP contribution in [0.15, 0.2) is 71.7 Å². The van der Waals surface area contributed by atoms with Crippen molar-refractivity contribution in [2.75, 3.05) is 0 Å². The summed E-state index contributed by atoms with van der Waals surface area (Å²) < 4.78 is 12.9. The minimum absolute atomic E-state index is 0.210. The van der Waals surface area contributed by atoms with E-state index in [-0.39, 0.29) is 5.82 Å². The van der Waals surface area contributed by atoms with Gasteiger partial charge >= 0.3 is 7.60 Å². The molecule has 2 aromatic carbocycles. The number of H-pyrrole nitrogens is 1. The molecule has 2 aliphatic heterocycles. The molecule has 0 amide bonds. The van der Waals surface area contributed by atoms with Crippen LogP contribution in [0.5, 0.6) is 0 Å². The Morgan fingerprint density at radius 1 is 1.00 bits per heavy atom. The summed E-state index contributed by atoms with van der Waals surface area (Å²) in [5.41, 5.74) is 1.53. The van der Waals surface area contributed by atoms with Crippen LogP contribution in [0.2, 0.25) is 0 Å². The third-order valence-electron chi connectivity index (χ3n) is 4.25. The largest absolute Gasteiger partial charge is 0.380 e. The normalized spacial score (nSPS) is 11.8. The monoisotopic (exact) mass is 381 g/mol. The molecule has 2 heterocycles. The van der Waals surface area contributed by atoms with Crippen molar-refractivity contribution in [3.63, 3.8) is 0 Å². The quantitative estimate of drug-likeness (QED) is 0.469. The van der Waals surface area contributed by atoms with Crippen molar-refractivity contribution in [1.82, 2.24) is 14.5 Å². The van der Waals surface area contributed by atoms with Gasteiger partial charge in [0.25, 0.3) is 5.56 Å². The van der Waals surface area contributed by atoms with Gasteiger partial charge in [-0.2, -0.15) is 0 Å². The van der Waals surface area contributed by atoms with Crippen LogP contribution in [0.4, 0.5) is 0 Å². The van der Waals surface area contributed by atoms with Gasteiger partial charge in [0.2, 0.25) is 5.44 Å². The molecule has 0 saturated heterocycles. The molecule has 3 N–H and O–H groups in total. The maximum Gasteiger partial charge on any atom is 0.380 e. The highest BCUT2D eigenvalue weighted by Crippen LogP contribution is 2.32. The molecule has 4 rings (SSSR count). The van der Waals surface area contributed by atoms with Crippen LogP contribution in [-0.4, -0.2) is 24.3 Å². The van der Waals surface area contributed by atoms with Gasteiger partial charge in [-0.3, -0.25) is 13.9 Å². The van der Waals surface area contributed by atoms with Crippen LogP contribution in [0, 0.1) is 0 Å². The van der Waals surface area contributed by atoms with E-state index in [0.717, 1.165) is 11.1 Å². The summed E-state index contributed by atoms with van der Waals surface area (Å²) in [5, 5.41) is 0. The van der Waals surface area contributed by atoms with E-state index >= 15 is 0 Å². The second-order valence-corrected chi connectivity index (χ2v) is 7.66. The Morgan fingerprint density at radius 2 is 1.63 bits per heavy atom. The average Bonchev–Trinajstić information content (AvgIpc) is 3.01. The van der Waals surface area contributed by atoms with Gasteiger partial charge in [0, 0.05) is 12.6 Å². The lowest BCUT2D eigenvalue weighted by Gasteiger charge is -2.13. The number of nitrogens with zero attached hydrogens (tertiary/aromatic N) is 2. The lowest BCUT2D eigenvalue weighted by Crippen LogP contribution is -2.27. The maximum absolute atomic E-state index is 12.6. The number of hydrogen-bond donors (Lipinski definition) is 3. The minimum atomic E-state index is -4.78. The predicted molar refractivity (Wildman–Crippen MR) is 102 cm³/mol. The van der Waals surface area contributed by atoms with E-state index in [1.807, 2.05) is 60.7 Å². The summed E-state index contributed by atoms with van der Waals surface area (Å²) in [5.74, 6) is 0.210. The summed E-state index contributed by atoms with van der Waals surface area (Å²) in [6, 6.07) is 19.0. The Labute approximate surface area is 154 Å². The molecule has 0 fully saturated rings. The fourth-order valence-electron chi connectivity index (χ4n) is 3.00. The molecule has 136 valence electrons. The molecule has 2 aromatic rings. The molecule has 2 aliphatic rings. The molecule has 0 spiro atoms. The number of nitrogens with one attached hydrogen (secondary N) is 1. The Hall–Kier alpha value is -2.99. The van der Waals surface area contributed by atoms with E-state index in [1.54, 1.807) is 0 Å². The minimum Gasteiger partial charge on any atom is -0.354 e. The average molecular weight is 381 g/mol. The second-order valence-electron chi connectivity index (χ2n) is 6.15. The topological polar surface area (TPSA) is 108 Å². The molecule has 27 heavy (non-hydrogen) atoms. The van der Waals surface area contributed by atoms with Gasteiger partial charge in [-0.15, -0.1) is 0 Å². The number of rotatable bonds is 4. The second kappa shape index (κ2) is 6.63. The number of imidazole rings is 1. The highest BCUT2D eigenvalue weighted by Gasteiger charge is 2.30. The number of hydrogen-bond acceptors (Lipinski definition) is 3. The first-order valence-corrected chi connectivity index (χ1v) is 9.84. The van der Waals surface area contributed by atoms with Gasteiger partial charge in [-0.1, -0.05) is 60.7 Å². The van der Waals surface area contributed by atoms with Crippen LogP contribution in [0.3, 0.4) is 0 Å². The van der Waals surface area contributed by atoms with E-state index in [0.29, 0.717) is 17.8 Å². The maximum atomic E-state index is 12.6. The fourth-order valence-corrected chi connectivity index (χ4v) is 3.58. The van der Waals surface area contributed by atoms with Crippen LogP contribution in [0.1, 0.15) is 11.3 Å². The number of benzene rings is 2. The molecule has 7 nitrogen and oxygen atoms in total. The number of aromatic amines is 1. The van der Waals surface area contributed by atoms with Gasteiger partial charge in [0.05, 0.1) is 11.4 Å². The van der Waals surface area contributed by atoms with Crippen molar-refractivity contribution >= 4 is 13.0 Å². The van der Waals surface area contributed by atoms with Crippen LogP contribution >= 0.6 is 7.60 Å². The number of aromatic nitrogens is 3. The van der Waals surface area contributed by atoms with E-state index in [2.05, 4.69) is 9.97 Å². The molecule has 0 saturated carbocycles. The Balaban J connectivity index is 1.96. The van der Waals surface area contributed by atoms with E-state index < -0.39 is 18.6 Å². The van der Waals surface area contributed by atoms with Crippen LogP contribution < -0.4 is 11.0 Å². The summed E-state index contributed by atoms with van der Waals surface area (Å²) in [6.45, 7) is 0. The van der Waals surface area contributed by atoms with Gasteiger partial charge in [0.1, 0.15) is 0 Å². The van der Waals surface area contributed by atoms with Crippen molar-refractivity contribution in [1.29, 1.82) is 0 Å². The van der Waals surface area contributed by atoms with Crippen molar-refractivity contribution in [3.8, 4) is 17.1 Å². The highest BCUT2D eigenvalue weighted by molar-refractivity contribution is 7.59. The van der Waals surface area contributed by atoms with Crippen molar-refractivity contribution < 1.29 is 14.4 Å². The SMILES string of the molecule is O=c1c(P(=O)(O)O)nc2c(Cc3ccccc3)[nH]c(-c3ccccc3)cn1-2. The fraction of sp³-hybridized carbons (Fsp3) is 0.0526. The van der Waals surface area contributed by atoms with Crippen molar-refractivity contribution in [2.24, 2.45) is 0 Å². The molecule has 0 atom stereocenters. The summed E-state index contributed by atoms with van der Waals surface area (Å²) in [4.78, 5) is 38.7. The smallest absolute Gasteiger partial charge is 0.354 e. The standard InChI is InChI=1S/C19H16N3O4P/c23-19-18(27(24,25)26)21-17-15(11-13-7-3-1-4-8-13)20-16(12-22(17)19)14-9-5-2-6-10-14/h1-10,12,20H,11H2,(H2,24,25,26). The van der Waals surface area contributed by atoms with Gasteiger partial charge in [-0.25, -0.2) is 4.98 Å². The molecule has 0 unspecified atom stereocenters. The van der Waals surface area contributed by atoms with Crippen LogP contribution in [-0.2, 0) is 11.0 Å². The molecule has 0 radical (unpaired) electrons. The molecule has 8 heteroatoms.